The summed E-state index contributed by atoms with van der Waals surface area (Å²) in [5.41, 5.74) is 2.95. The van der Waals surface area contributed by atoms with Crippen molar-refractivity contribution in [2.45, 2.75) is 13.8 Å². The number of nitrogens with one attached hydrogen (secondary N) is 1. The predicted octanol–water partition coefficient (Wildman–Crippen LogP) is 5.23. The summed E-state index contributed by atoms with van der Waals surface area (Å²) in [4.78, 5) is 35.2. The van der Waals surface area contributed by atoms with Gasteiger partial charge in [-0.25, -0.2) is 14.2 Å². The molecule has 0 fully saturated rings. The quantitative estimate of drug-likeness (QED) is 0.226. The van der Waals surface area contributed by atoms with Crippen molar-refractivity contribution < 1.29 is 23.5 Å². The van der Waals surface area contributed by atoms with Gasteiger partial charge in [0, 0.05) is 47.9 Å². The number of aromatic nitrogens is 1. The number of rotatable bonds is 10. The normalized spacial score (nSPS) is 13.6. The van der Waals surface area contributed by atoms with Crippen molar-refractivity contribution in [3.05, 3.63) is 102 Å². The first-order chi connectivity index (χ1) is 18.4. The van der Waals surface area contributed by atoms with Gasteiger partial charge in [0.05, 0.1) is 11.8 Å². The van der Waals surface area contributed by atoms with Crippen LogP contribution in [-0.4, -0.2) is 42.5 Å². The minimum Gasteiger partial charge on any atom is -0.489 e. The number of carbonyl (C=O) groups is 2. The second-order valence-electron chi connectivity index (χ2n) is 8.25. The minimum absolute atomic E-state index is 0.0968. The van der Waals surface area contributed by atoms with Gasteiger partial charge < -0.3 is 19.7 Å². The highest BCUT2D eigenvalue weighted by Gasteiger charge is 2.25. The lowest BCUT2D eigenvalue weighted by molar-refractivity contribution is -0.129. The first-order valence-corrected chi connectivity index (χ1v) is 12.1. The number of halogens is 1. The number of hydrogen-bond donors (Lipinski definition) is 1. The molecule has 0 atom stereocenters. The Balaban J connectivity index is 1.54. The van der Waals surface area contributed by atoms with Gasteiger partial charge in [0.15, 0.2) is 5.70 Å². The molecular formula is C29H27FN4O4. The number of benzene rings is 2. The Hall–Kier alpha value is -4.79. The lowest BCUT2D eigenvalue weighted by Gasteiger charge is -2.22. The highest BCUT2D eigenvalue weighted by atomic mass is 19.1. The number of anilines is 2. The molecule has 2 heterocycles. The fourth-order valence-corrected chi connectivity index (χ4v) is 3.82. The molecule has 0 unspecified atom stereocenters. The molecule has 9 heteroatoms. The Kier molecular flexibility index (Phi) is 8.27. The maximum absolute atomic E-state index is 13.3. The van der Waals surface area contributed by atoms with Gasteiger partial charge in [-0.1, -0.05) is 12.7 Å². The molecule has 3 aromatic rings. The van der Waals surface area contributed by atoms with Crippen LogP contribution in [0.3, 0.4) is 0 Å². The maximum atomic E-state index is 13.3. The van der Waals surface area contributed by atoms with Gasteiger partial charge in [0.2, 0.25) is 5.90 Å². The van der Waals surface area contributed by atoms with E-state index < -0.39 is 17.7 Å². The fourth-order valence-electron chi connectivity index (χ4n) is 3.82. The Morgan fingerprint density at radius 3 is 2.58 bits per heavy atom. The van der Waals surface area contributed by atoms with Gasteiger partial charge in [-0.15, -0.1) is 0 Å². The predicted molar refractivity (Wildman–Crippen MR) is 145 cm³/mol. The summed E-state index contributed by atoms with van der Waals surface area (Å²) < 4.78 is 24.6. The van der Waals surface area contributed by atoms with Crippen LogP contribution in [0.1, 0.15) is 35.3 Å². The van der Waals surface area contributed by atoms with Crippen LogP contribution in [-0.2, 0) is 9.53 Å². The number of hydrogen-bond acceptors (Lipinski definition) is 7. The first kappa shape index (κ1) is 26.3. The van der Waals surface area contributed by atoms with Crippen molar-refractivity contribution in [1.82, 2.24) is 4.98 Å². The minimum atomic E-state index is -0.600. The van der Waals surface area contributed by atoms with E-state index in [9.17, 15) is 14.0 Å². The number of ether oxygens (including phenoxy) is 2. The molecule has 38 heavy (non-hydrogen) atoms. The zero-order valence-electron chi connectivity index (χ0n) is 21.1. The third-order valence-corrected chi connectivity index (χ3v) is 5.75. The van der Waals surface area contributed by atoms with Crippen LogP contribution >= 0.6 is 0 Å². The SMILES string of the molecule is C=CCOc1cc(N(CC)CC)ccc1/C=C1/N=C(c2ccc(NC(=O)c3cncc(F)c3)cc2)OC1=O. The van der Waals surface area contributed by atoms with Crippen molar-refractivity contribution in [3.63, 3.8) is 0 Å². The summed E-state index contributed by atoms with van der Waals surface area (Å²) in [6, 6.07) is 13.5. The van der Waals surface area contributed by atoms with Crippen molar-refractivity contribution >= 4 is 35.2 Å². The molecule has 1 aromatic heterocycles. The molecule has 1 aliphatic heterocycles. The number of amides is 1. The lowest BCUT2D eigenvalue weighted by atomic mass is 10.1. The van der Waals surface area contributed by atoms with Crippen molar-refractivity contribution in [1.29, 1.82) is 0 Å². The van der Waals surface area contributed by atoms with Crippen LogP contribution in [0, 0.1) is 5.82 Å². The second-order valence-corrected chi connectivity index (χ2v) is 8.25. The number of aliphatic imine (C=N–C) groups is 1. The summed E-state index contributed by atoms with van der Waals surface area (Å²) in [5, 5.41) is 2.67. The van der Waals surface area contributed by atoms with E-state index in [2.05, 4.69) is 40.6 Å². The molecule has 1 N–H and O–H groups in total. The van der Waals surface area contributed by atoms with Crippen LogP contribution in [0.4, 0.5) is 15.8 Å². The molecule has 0 bridgehead atoms. The van der Waals surface area contributed by atoms with Crippen molar-refractivity contribution in [3.8, 4) is 5.75 Å². The van der Waals surface area contributed by atoms with Gasteiger partial charge in [0.1, 0.15) is 18.2 Å². The molecule has 0 saturated heterocycles. The standard InChI is InChI=1S/C29H27FN4O4/c1-4-13-37-26-16-24(34(5-2)6-3)12-9-20(26)15-25-29(36)38-28(33-25)19-7-10-23(11-8-19)32-27(35)21-14-22(30)18-31-17-21/h4,7-12,14-18H,1,5-6,13H2,2-3H3,(H,32,35)/b25-15+. The summed E-state index contributed by atoms with van der Waals surface area (Å²) in [6.07, 6.45) is 5.58. The summed E-state index contributed by atoms with van der Waals surface area (Å²) in [7, 11) is 0. The number of carbonyl (C=O) groups excluding carboxylic acids is 2. The molecular weight excluding hydrogens is 487 g/mol. The Morgan fingerprint density at radius 1 is 1.13 bits per heavy atom. The van der Waals surface area contributed by atoms with E-state index in [4.69, 9.17) is 9.47 Å². The largest absolute Gasteiger partial charge is 0.489 e. The van der Waals surface area contributed by atoms with Crippen LogP contribution in [0.2, 0.25) is 0 Å². The van der Waals surface area contributed by atoms with Gasteiger partial charge in [-0.2, -0.15) is 0 Å². The summed E-state index contributed by atoms with van der Waals surface area (Å²) >= 11 is 0. The van der Waals surface area contributed by atoms with Gasteiger partial charge in [0.25, 0.3) is 5.91 Å². The van der Waals surface area contributed by atoms with Crippen LogP contribution in [0.15, 0.2) is 84.3 Å². The highest BCUT2D eigenvalue weighted by Crippen LogP contribution is 2.30. The third-order valence-electron chi connectivity index (χ3n) is 5.75. The van der Waals surface area contributed by atoms with E-state index in [1.54, 1.807) is 36.4 Å². The zero-order valence-corrected chi connectivity index (χ0v) is 21.1. The average Bonchev–Trinajstić information content (AvgIpc) is 3.29. The zero-order chi connectivity index (χ0) is 27.1. The summed E-state index contributed by atoms with van der Waals surface area (Å²) in [5.74, 6) is -0.940. The second kappa shape index (κ2) is 12.0. The van der Waals surface area contributed by atoms with Crippen LogP contribution in [0.25, 0.3) is 6.08 Å². The topological polar surface area (TPSA) is 93.1 Å². The first-order valence-electron chi connectivity index (χ1n) is 12.1. The van der Waals surface area contributed by atoms with E-state index in [0.29, 0.717) is 29.2 Å². The maximum Gasteiger partial charge on any atom is 0.363 e. The molecule has 4 rings (SSSR count). The molecule has 1 amide bonds. The monoisotopic (exact) mass is 514 g/mol. The Labute approximate surface area is 220 Å². The number of pyridine rings is 1. The Bertz CT molecular complexity index is 1410. The number of esters is 1. The van der Waals surface area contributed by atoms with Crippen LogP contribution in [0.5, 0.6) is 5.75 Å². The van der Waals surface area contributed by atoms with E-state index in [0.717, 1.165) is 31.0 Å². The van der Waals surface area contributed by atoms with Gasteiger partial charge in [-0.3, -0.25) is 9.78 Å². The molecule has 1 aliphatic rings. The molecule has 2 aromatic carbocycles. The van der Waals surface area contributed by atoms with E-state index in [-0.39, 0.29) is 17.2 Å². The smallest absolute Gasteiger partial charge is 0.363 e. The lowest BCUT2D eigenvalue weighted by Crippen LogP contribution is -2.21. The van der Waals surface area contributed by atoms with Crippen molar-refractivity contribution in [2.24, 2.45) is 4.99 Å². The molecule has 8 nitrogen and oxygen atoms in total. The summed E-state index contributed by atoms with van der Waals surface area (Å²) in [6.45, 7) is 9.88. The van der Waals surface area contributed by atoms with Crippen LogP contribution < -0.4 is 15.0 Å². The molecule has 194 valence electrons. The number of nitrogens with zero attached hydrogens (tertiary/aromatic N) is 3. The van der Waals surface area contributed by atoms with E-state index >= 15 is 0 Å². The number of cyclic esters (lactones) is 1. The molecule has 0 saturated carbocycles. The van der Waals surface area contributed by atoms with Crippen molar-refractivity contribution in [2.75, 3.05) is 29.9 Å². The average molecular weight is 515 g/mol. The third kappa shape index (κ3) is 6.12. The van der Waals surface area contributed by atoms with Gasteiger partial charge >= 0.3 is 5.97 Å². The Morgan fingerprint density at radius 2 is 1.89 bits per heavy atom. The van der Waals surface area contributed by atoms with Gasteiger partial charge in [-0.05, 0) is 62.4 Å². The fraction of sp³-hybridized carbons (Fsp3) is 0.172. The van der Waals surface area contributed by atoms with E-state index in [1.165, 1.54) is 6.20 Å². The molecule has 0 radical (unpaired) electrons. The van der Waals surface area contributed by atoms with E-state index in [1.807, 2.05) is 18.2 Å². The molecule has 0 spiro atoms. The highest BCUT2D eigenvalue weighted by molar-refractivity contribution is 6.13. The molecule has 0 aliphatic carbocycles.